The van der Waals surface area contributed by atoms with Gasteiger partial charge in [-0.05, 0) is 30.6 Å². The van der Waals surface area contributed by atoms with E-state index < -0.39 is 0 Å². The van der Waals surface area contributed by atoms with Crippen LogP contribution < -0.4 is 0 Å². The molecule has 3 heteroatoms. The molecule has 1 aliphatic carbocycles. The molecular weight excluding hydrogens is 214 g/mol. The molecule has 0 amide bonds. The van der Waals surface area contributed by atoms with Crippen LogP contribution in [0.15, 0.2) is 17.0 Å². The van der Waals surface area contributed by atoms with Crippen molar-refractivity contribution in [3.63, 3.8) is 0 Å². The normalized spacial score (nSPS) is 26.2. The van der Waals surface area contributed by atoms with E-state index in [9.17, 15) is 4.79 Å². The highest BCUT2D eigenvalue weighted by atomic mass is 16.5. The quantitative estimate of drug-likeness (QED) is 0.790. The van der Waals surface area contributed by atoms with Gasteiger partial charge in [0.05, 0.1) is 6.20 Å². The molecule has 0 aliphatic heterocycles. The zero-order chi connectivity index (χ0) is 12.5. The van der Waals surface area contributed by atoms with Gasteiger partial charge in [0.25, 0.3) is 0 Å². The monoisotopic (exact) mass is 235 g/mol. The summed E-state index contributed by atoms with van der Waals surface area (Å²) in [5, 5.41) is 3.69. The maximum Gasteiger partial charge on any atom is 0.136 e. The average molecular weight is 235 g/mol. The van der Waals surface area contributed by atoms with Gasteiger partial charge in [-0.2, -0.15) is 0 Å². The molecule has 0 radical (unpaired) electrons. The summed E-state index contributed by atoms with van der Waals surface area (Å²) in [6.45, 7) is 6.80. The number of carbonyl (C=O) groups excluding carboxylic acids is 1. The zero-order valence-corrected chi connectivity index (χ0v) is 10.9. The standard InChI is InChI=1S/C14H21NO2/c1-14(2,3)12-4-5-13(16)11(7-12)6-10-8-15-17-9-10/h8-9,11-12H,4-7H2,1-3H3. The van der Waals surface area contributed by atoms with Crippen LogP contribution in [0, 0.1) is 17.3 Å². The van der Waals surface area contributed by atoms with E-state index in [0.717, 1.165) is 31.2 Å². The van der Waals surface area contributed by atoms with Gasteiger partial charge in [0.15, 0.2) is 0 Å². The largest absolute Gasteiger partial charge is 0.364 e. The van der Waals surface area contributed by atoms with Crippen molar-refractivity contribution >= 4 is 5.78 Å². The van der Waals surface area contributed by atoms with Crippen molar-refractivity contribution in [2.24, 2.45) is 17.3 Å². The van der Waals surface area contributed by atoms with Crippen molar-refractivity contribution in [2.75, 3.05) is 0 Å². The predicted molar refractivity (Wildman–Crippen MR) is 65.5 cm³/mol. The fraction of sp³-hybridized carbons (Fsp3) is 0.714. The minimum Gasteiger partial charge on any atom is -0.364 e. The van der Waals surface area contributed by atoms with E-state index in [0.29, 0.717) is 17.1 Å². The van der Waals surface area contributed by atoms with Crippen LogP contribution >= 0.6 is 0 Å². The smallest absolute Gasteiger partial charge is 0.136 e. The van der Waals surface area contributed by atoms with Crippen LogP contribution in [0.25, 0.3) is 0 Å². The van der Waals surface area contributed by atoms with Crippen LogP contribution in [-0.4, -0.2) is 10.9 Å². The summed E-state index contributed by atoms with van der Waals surface area (Å²) in [7, 11) is 0. The molecule has 0 spiro atoms. The Morgan fingerprint density at radius 3 is 2.82 bits per heavy atom. The minimum absolute atomic E-state index is 0.160. The van der Waals surface area contributed by atoms with Crippen LogP contribution in [-0.2, 0) is 11.2 Å². The molecule has 1 aromatic heterocycles. The Balaban J connectivity index is 2.03. The lowest BCUT2D eigenvalue weighted by atomic mass is 9.68. The lowest BCUT2D eigenvalue weighted by molar-refractivity contribution is -0.126. The van der Waals surface area contributed by atoms with Crippen molar-refractivity contribution in [2.45, 2.75) is 46.5 Å². The van der Waals surface area contributed by atoms with Crippen molar-refractivity contribution in [1.29, 1.82) is 0 Å². The number of aromatic nitrogens is 1. The molecule has 2 rings (SSSR count). The van der Waals surface area contributed by atoms with E-state index in [1.165, 1.54) is 0 Å². The number of nitrogens with zero attached hydrogens (tertiary/aromatic N) is 1. The first kappa shape index (κ1) is 12.3. The molecule has 1 fully saturated rings. The van der Waals surface area contributed by atoms with Gasteiger partial charge in [-0.15, -0.1) is 0 Å². The Labute approximate surface area is 103 Å². The average Bonchev–Trinajstić information content (AvgIpc) is 2.72. The number of ketones is 1. The Morgan fingerprint density at radius 2 is 2.24 bits per heavy atom. The van der Waals surface area contributed by atoms with Crippen molar-refractivity contribution < 1.29 is 9.32 Å². The summed E-state index contributed by atoms with van der Waals surface area (Å²) in [4.78, 5) is 11.9. The second-order valence-corrected chi connectivity index (χ2v) is 6.24. The molecule has 1 heterocycles. The fourth-order valence-corrected chi connectivity index (χ4v) is 2.71. The summed E-state index contributed by atoms with van der Waals surface area (Å²) >= 11 is 0. The topological polar surface area (TPSA) is 43.1 Å². The molecule has 0 saturated heterocycles. The summed E-state index contributed by atoms with van der Waals surface area (Å²) in [5.74, 6) is 1.21. The van der Waals surface area contributed by atoms with E-state index in [1.807, 2.05) is 0 Å². The summed E-state index contributed by atoms with van der Waals surface area (Å²) < 4.78 is 4.82. The molecule has 0 bridgehead atoms. The van der Waals surface area contributed by atoms with E-state index in [1.54, 1.807) is 12.5 Å². The molecule has 1 aromatic rings. The maximum absolute atomic E-state index is 11.9. The Morgan fingerprint density at radius 1 is 1.47 bits per heavy atom. The van der Waals surface area contributed by atoms with E-state index >= 15 is 0 Å². The molecule has 2 unspecified atom stereocenters. The Hall–Kier alpha value is -1.12. The van der Waals surface area contributed by atoms with Crippen LogP contribution in [0.2, 0.25) is 0 Å². The van der Waals surface area contributed by atoms with E-state index in [2.05, 4.69) is 25.9 Å². The van der Waals surface area contributed by atoms with E-state index in [4.69, 9.17) is 4.52 Å². The molecule has 1 saturated carbocycles. The van der Waals surface area contributed by atoms with Crippen molar-refractivity contribution in [3.8, 4) is 0 Å². The first-order valence-electron chi connectivity index (χ1n) is 6.38. The second kappa shape index (κ2) is 4.63. The summed E-state index contributed by atoms with van der Waals surface area (Å²) in [5.41, 5.74) is 1.34. The third kappa shape index (κ3) is 2.96. The Bertz CT molecular complexity index is 375. The first-order valence-corrected chi connectivity index (χ1v) is 6.38. The van der Waals surface area contributed by atoms with Crippen molar-refractivity contribution in [3.05, 3.63) is 18.0 Å². The molecule has 0 N–H and O–H groups in total. The SMILES string of the molecule is CC(C)(C)C1CCC(=O)C(Cc2cnoc2)C1. The van der Waals surface area contributed by atoms with Gasteiger partial charge in [0, 0.05) is 17.9 Å². The number of hydrogen-bond acceptors (Lipinski definition) is 3. The number of carbonyl (C=O) groups is 1. The van der Waals surface area contributed by atoms with Crippen LogP contribution in [0.5, 0.6) is 0 Å². The van der Waals surface area contributed by atoms with Gasteiger partial charge >= 0.3 is 0 Å². The molecule has 1 aliphatic rings. The van der Waals surface area contributed by atoms with Gasteiger partial charge in [0.2, 0.25) is 0 Å². The van der Waals surface area contributed by atoms with Gasteiger partial charge < -0.3 is 4.52 Å². The number of rotatable bonds is 2. The first-order chi connectivity index (χ1) is 7.97. The Kier molecular flexibility index (Phi) is 3.36. The molecule has 94 valence electrons. The highest BCUT2D eigenvalue weighted by Gasteiger charge is 2.34. The molecule has 0 aromatic carbocycles. The maximum atomic E-state index is 11.9. The van der Waals surface area contributed by atoms with Crippen LogP contribution in [0.4, 0.5) is 0 Å². The van der Waals surface area contributed by atoms with Gasteiger partial charge in [-0.3, -0.25) is 4.79 Å². The third-order valence-electron chi connectivity index (χ3n) is 3.95. The van der Waals surface area contributed by atoms with Crippen LogP contribution in [0.1, 0.15) is 45.6 Å². The second-order valence-electron chi connectivity index (χ2n) is 6.24. The lowest BCUT2D eigenvalue weighted by Crippen LogP contribution is -2.32. The molecule has 2 atom stereocenters. The molecular formula is C14H21NO2. The van der Waals surface area contributed by atoms with Gasteiger partial charge in [-0.25, -0.2) is 0 Å². The van der Waals surface area contributed by atoms with Gasteiger partial charge in [0.1, 0.15) is 12.0 Å². The van der Waals surface area contributed by atoms with E-state index in [-0.39, 0.29) is 5.92 Å². The third-order valence-corrected chi connectivity index (χ3v) is 3.95. The summed E-state index contributed by atoms with van der Waals surface area (Å²) in [6, 6.07) is 0. The molecule has 3 nitrogen and oxygen atoms in total. The highest BCUT2D eigenvalue weighted by molar-refractivity contribution is 5.82. The van der Waals surface area contributed by atoms with Crippen LogP contribution in [0.3, 0.4) is 0 Å². The highest BCUT2D eigenvalue weighted by Crippen LogP contribution is 2.39. The van der Waals surface area contributed by atoms with Crippen molar-refractivity contribution in [1.82, 2.24) is 5.16 Å². The fourth-order valence-electron chi connectivity index (χ4n) is 2.71. The lowest BCUT2D eigenvalue weighted by Gasteiger charge is -2.36. The zero-order valence-electron chi connectivity index (χ0n) is 10.9. The number of Topliss-reactive ketones (excluding diaryl/α,β-unsaturated/α-hetero) is 1. The molecule has 17 heavy (non-hydrogen) atoms. The summed E-state index contributed by atoms with van der Waals surface area (Å²) in [6.07, 6.45) is 6.94. The number of hydrogen-bond donors (Lipinski definition) is 0. The minimum atomic E-state index is 0.160. The van der Waals surface area contributed by atoms with Gasteiger partial charge in [-0.1, -0.05) is 25.9 Å². The predicted octanol–water partition coefficient (Wildman–Crippen LogP) is 3.25.